The molecule has 0 aliphatic carbocycles. The number of hydrogen-bond donors (Lipinski definition) is 1. The Hall–Kier alpha value is -2.56. The van der Waals surface area contributed by atoms with Crippen molar-refractivity contribution in [3.63, 3.8) is 0 Å². The van der Waals surface area contributed by atoms with Crippen LogP contribution in [0, 0.1) is 5.82 Å². The Bertz CT molecular complexity index is 881. The zero-order valence-electron chi connectivity index (χ0n) is 13.6. The third-order valence-electron chi connectivity index (χ3n) is 3.79. The van der Waals surface area contributed by atoms with Gasteiger partial charge in [-0.05, 0) is 48.5 Å². The first-order valence-corrected chi connectivity index (χ1v) is 8.62. The van der Waals surface area contributed by atoms with Gasteiger partial charge in [0.05, 0.1) is 12.2 Å². The van der Waals surface area contributed by atoms with E-state index < -0.39 is 5.82 Å². The van der Waals surface area contributed by atoms with E-state index in [9.17, 15) is 9.18 Å². The van der Waals surface area contributed by atoms with Crippen LogP contribution in [0.25, 0.3) is 0 Å². The Morgan fingerprint density at radius 2 is 1.62 bits per heavy atom. The zero-order valence-corrected chi connectivity index (χ0v) is 15.1. The van der Waals surface area contributed by atoms with E-state index in [-0.39, 0.29) is 12.5 Å². The summed E-state index contributed by atoms with van der Waals surface area (Å²) in [7, 11) is 0. The van der Waals surface area contributed by atoms with Crippen molar-refractivity contribution in [2.24, 2.45) is 0 Å². The summed E-state index contributed by atoms with van der Waals surface area (Å²) in [6.07, 6.45) is 0. The normalized spacial score (nSPS) is 10.4. The lowest BCUT2D eigenvalue weighted by Gasteiger charge is -2.26. The molecule has 0 radical (unpaired) electrons. The van der Waals surface area contributed by atoms with Crippen molar-refractivity contribution in [2.75, 3.05) is 5.01 Å². The van der Waals surface area contributed by atoms with E-state index in [1.807, 2.05) is 30.3 Å². The van der Waals surface area contributed by atoms with Crippen molar-refractivity contribution in [3.8, 4) is 0 Å². The van der Waals surface area contributed by atoms with Gasteiger partial charge in [-0.1, -0.05) is 47.5 Å². The van der Waals surface area contributed by atoms with Crippen LogP contribution in [0.15, 0.2) is 72.8 Å². The summed E-state index contributed by atoms with van der Waals surface area (Å²) in [5, 5.41) is 2.40. The first kappa shape index (κ1) is 18.2. The summed E-state index contributed by atoms with van der Waals surface area (Å²) in [5.74, 6) is -0.767. The summed E-state index contributed by atoms with van der Waals surface area (Å²) >= 11 is 12.0. The number of nitrogens with zero attached hydrogens (tertiary/aromatic N) is 1. The predicted molar refractivity (Wildman–Crippen MR) is 103 cm³/mol. The molecule has 3 rings (SSSR count). The van der Waals surface area contributed by atoms with Crippen molar-refractivity contribution >= 4 is 34.8 Å². The van der Waals surface area contributed by atoms with Gasteiger partial charge in [-0.15, -0.1) is 0 Å². The average molecular weight is 389 g/mol. The van der Waals surface area contributed by atoms with E-state index in [1.165, 1.54) is 6.07 Å². The Morgan fingerprint density at radius 3 is 2.27 bits per heavy atom. The quantitative estimate of drug-likeness (QED) is 0.586. The number of benzene rings is 3. The van der Waals surface area contributed by atoms with Gasteiger partial charge in [0, 0.05) is 21.2 Å². The first-order valence-electron chi connectivity index (χ1n) is 7.86. The summed E-state index contributed by atoms with van der Waals surface area (Å²) < 4.78 is 14.2. The maximum absolute atomic E-state index is 14.2. The number of hydrogen-bond acceptors (Lipinski definition) is 2. The molecule has 6 heteroatoms. The van der Waals surface area contributed by atoms with Crippen molar-refractivity contribution in [1.82, 2.24) is 5.43 Å². The van der Waals surface area contributed by atoms with Gasteiger partial charge in [0.2, 0.25) is 0 Å². The molecule has 0 aliphatic heterocycles. The molecule has 1 amide bonds. The highest BCUT2D eigenvalue weighted by Crippen LogP contribution is 2.23. The molecule has 0 spiro atoms. The summed E-state index contributed by atoms with van der Waals surface area (Å²) in [5.41, 5.74) is 4.24. The molecule has 0 unspecified atom stereocenters. The third-order valence-corrected chi connectivity index (χ3v) is 4.39. The number of amides is 1. The lowest BCUT2D eigenvalue weighted by atomic mass is 10.2. The van der Waals surface area contributed by atoms with Crippen molar-refractivity contribution in [1.29, 1.82) is 0 Å². The number of hydrazine groups is 1. The van der Waals surface area contributed by atoms with E-state index in [0.717, 1.165) is 0 Å². The lowest BCUT2D eigenvalue weighted by Crippen LogP contribution is -2.42. The fraction of sp³-hybridized carbons (Fsp3) is 0.0500. The van der Waals surface area contributed by atoms with Gasteiger partial charge in [-0.3, -0.25) is 15.2 Å². The molecule has 0 heterocycles. The highest BCUT2D eigenvalue weighted by atomic mass is 35.5. The molecule has 1 N–H and O–H groups in total. The molecule has 0 aliphatic rings. The van der Waals surface area contributed by atoms with Crippen LogP contribution in [-0.2, 0) is 6.54 Å². The number of carbonyl (C=O) groups excluding carboxylic acids is 1. The van der Waals surface area contributed by atoms with Crippen LogP contribution in [-0.4, -0.2) is 5.91 Å². The van der Waals surface area contributed by atoms with Crippen LogP contribution in [0.4, 0.5) is 10.1 Å². The van der Waals surface area contributed by atoms with E-state index >= 15 is 0 Å². The molecule has 0 atom stereocenters. The van der Waals surface area contributed by atoms with E-state index in [2.05, 4.69) is 5.43 Å². The Kier molecular flexibility index (Phi) is 5.76. The second-order valence-corrected chi connectivity index (χ2v) is 6.41. The largest absolute Gasteiger partial charge is 0.281 e. The SMILES string of the molecule is O=C(NN(Cc1c(F)cccc1Cl)c1ccccc1)c1ccc(Cl)cc1. The van der Waals surface area contributed by atoms with Gasteiger partial charge in [-0.25, -0.2) is 4.39 Å². The minimum atomic E-state index is -0.431. The average Bonchev–Trinajstić information content (AvgIpc) is 2.65. The van der Waals surface area contributed by atoms with Gasteiger partial charge in [-0.2, -0.15) is 0 Å². The van der Waals surface area contributed by atoms with E-state index in [0.29, 0.717) is 26.9 Å². The maximum atomic E-state index is 14.2. The molecule has 3 aromatic carbocycles. The summed E-state index contributed by atoms with van der Waals surface area (Å²) in [6.45, 7) is 0.0782. The molecule has 132 valence electrons. The van der Waals surface area contributed by atoms with Gasteiger partial charge in [0.25, 0.3) is 5.91 Å². The molecule has 0 aromatic heterocycles. The Balaban J connectivity index is 1.89. The maximum Gasteiger partial charge on any atom is 0.269 e. The number of anilines is 1. The Morgan fingerprint density at radius 1 is 0.923 bits per heavy atom. The smallest absolute Gasteiger partial charge is 0.269 e. The number of nitrogens with one attached hydrogen (secondary N) is 1. The van der Waals surface area contributed by atoms with Gasteiger partial charge in [0.1, 0.15) is 5.82 Å². The number of halogens is 3. The predicted octanol–water partition coefficient (Wildman–Crippen LogP) is 5.48. The molecule has 26 heavy (non-hydrogen) atoms. The summed E-state index contributed by atoms with van der Waals surface area (Å²) in [6, 6.07) is 20.2. The topological polar surface area (TPSA) is 32.3 Å². The fourth-order valence-corrected chi connectivity index (χ4v) is 2.78. The molecule has 0 saturated carbocycles. The van der Waals surface area contributed by atoms with E-state index in [1.54, 1.807) is 41.4 Å². The highest BCUT2D eigenvalue weighted by Gasteiger charge is 2.16. The number of rotatable bonds is 5. The van der Waals surface area contributed by atoms with Crippen molar-refractivity contribution in [2.45, 2.75) is 6.54 Å². The van der Waals surface area contributed by atoms with Gasteiger partial charge < -0.3 is 0 Å². The van der Waals surface area contributed by atoms with Crippen molar-refractivity contribution in [3.05, 3.63) is 99.8 Å². The number of para-hydroxylation sites is 1. The molecule has 3 nitrogen and oxygen atoms in total. The van der Waals surface area contributed by atoms with Crippen LogP contribution in [0.3, 0.4) is 0 Å². The third kappa shape index (κ3) is 4.34. The monoisotopic (exact) mass is 388 g/mol. The van der Waals surface area contributed by atoms with Crippen LogP contribution < -0.4 is 10.4 Å². The molecule has 0 bridgehead atoms. The van der Waals surface area contributed by atoms with Crippen molar-refractivity contribution < 1.29 is 9.18 Å². The second kappa shape index (κ2) is 8.21. The minimum absolute atomic E-state index is 0.0782. The molecule has 0 fully saturated rings. The first-order chi connectivity index (χ1) is 12.5. The van der Waals surface area contributed by atoms with E-state index in [4.69, 9.17) is 23.2 Å². The molecule has 0 saturated heterocycles. The standard InChI is InChI=1S/C20H15Cl2FN2O/c21-15-11-9-14(10-12-15)20(26)24-25(16-5-2-1-3-6-16)13-17-18(22)7-4-8-19(17)23/h1-12H,13H2,(H,24,26). The van der Waals surface area contributed by atoms with Gasteiger partial charge in [0.15, 0.2) is 0 Å². The lowest BCUT2D eigenvalue weighted by molar-refractivity contribution is 0.0948. The zero-order chi connectivity index (χ0) is 18.5. The fourth-order valence-electron chi connectivity index (χ4n) is 2.43. The highest BCUT2D eigenvalue weighted by molar-refractivity contribution is 6.31. The number of carbonyl (C=O) groups is 1. The molecular weight excluding hydrogens is 374 g/mol. The summed E-state index contributed by atoms with van der Waals surface area (Å²) in [4.78, 5) is 12.6. The Labute approximate surface area is 160 Å². The molecule has 3 aromatic rings. The second-order valence-electron chi connectivity index (χ2n) is 5.57. The van der Waals surface area contributed by atoms with Crippen LogP contribution in [0.1, 0.15) is 15.9 Å². The van der Waals surface area contributed by atoms with Gasteiger partial charge >= 0.3 is 0 Å². The van der Waals surface area contributed by atoms with Crippen LogP contribution >= 0.6 is 23.2 Å². The molecular formula is C20H15Cl2FN2O. The van der Waals surface area contributed by atoms with Crippen LogP contribution in [0.5, 0.6) is 0 Å². The van der Waals surface area contributed by atoms with Crippen LogP contribution in [0.2, 0.25) is 10.0 Å². The minimum Gasteiger partial charge on any atom is -0.281 e.